The minimum absolute atomic E-state index is 0.455. The molecule has 2 aromatic heterocycles. The van der Waals surface area contributed by atoms with Gasteiger partial charge in [0, 0.05) is 31.8 Å². The third-order valence-corrected chi connectivity index (χ3v) is 5.68. The van der Waals surface area contributed by atoms with E-state index in [1.807, 2.05) is 13.1 Å². The molecule has 1 spiro atoms. The zero-order valence-electron chi connectivity index (χ0n) is 14.0. The Morgan fingerprint density at radius 3 is 2.70 bits per heavy atom. The molecule has 1 saturated heterocycles. The van der Waals surface area contributed by atoms with Gasteiger partial charge in [-0.05, 0) is 57.7 Å². The second-order valence-corrected chi connectivity index (χ2v) is 7.14. The first-order chi connectivity index (χ1) is 11.2. The lowest BCUT2D eigenvalue weighted by atomic mass is 9.90. The molecule has 1 saturated carbocycles. The van der Waals surface area contributed by atoms with Crippen molar-refractivity contribution >= 4 is 0 Å². The van der Waals surface area contributed by atoms with Crippen LogP contribution in [0, 0.1) is 19.3 Å². The SMILES string of the molecule is Cc1nnc(C2CC23CCN(CCCn2ccnc2C)CC3)o1. The van der Waals surface area contributed by atoms with Crippen molar-refractivity contribution in [2.45, 2.75) is 52.0 Å². The minimum Gasteiger partial charge on any atom is -0.425 e. The summed E-state index contributed by atoms with van der Waals surface area (Å²) >= 11 is 0. The van der Waals surface area contributed by atoms with Crippen LogP contribution in [0.25, 0.3) is 0 Å². The highest BCUT2D eigenvalue weighted by Gasteiger charge is 2.57. The fraction of sp³-hybridized carbons (Fsp3) is 0.706. The van der Waals surface area contributed by atoms with Gasteiger partial charge >= 0.3 is 0 Å². The number of likely N-dealkylation sites (tertiary alicyclic amines) is 1. The van der Waals surface area contributed by atoms with E-state index in [0.717, 1.165) is 18.3 Å². The average molecular weight is 315 g/mol. The second kappa shape index (κ2) is 5.74. The molecular formula is C17H25N5O. The highest BCUT2D eigenvalue weighted by molar-refractivity contribution is 5.17. The van der Waals surface area contributed by atoms with Crippen molar-refractivity contribution < 1.29 is 4.42 Å². The highest BCUT2D eigenvalue weighted by Crippen LogP contribution is 2.64. The first kappa shape index (κ1) is 14.9. The van der Waals surface area contributed by atoms with Crippen molar-refractivity contribution in [3.05, 3.63) is 30.0 Å². The fourth-order valence-corrected chi connectivity index (χ4v) is 4.03. The van der Waals surface area contributed by atoms with E-state index in [-0.39, 0.29) is 0 Å². The van der Waals surface area contributed by atoms with Crippen molar-refractivity contribution in [3.8, 4) is 0 Å². The van der Waals surface area contributed by atoms with Gasteiger partial charge in [-0.3, -0.25) is 0 Å². The van der Waals surface area contributed by atoms with Gasteiger partial charge < -0.3 is 13.9 Å². The maximum atomic E-state index is 5.63. The van der Waals surface area contributed by atoms with Crippen LogP contribution in [0.4, 0.5) is 0 Å². The Bertz CT molecular complexity index is 668. The Balaban J connectivity index is 1.23. The summed E-state index contributed by atoms with van der Waals surface area (Å²) in [6.45, 7) is 8.59. The van der Waals surface area contributed by atoms with Crippen molar-refractivity contribution in [1.82, 2.24) is 24.6 Å². The molecular weight excluding hydrogens is 290 g/mol. The van der Waals surface area contributed by atoms with Gasteiger partial charge in [-0.1, -0.05) is 0 Å². The third kappa shape index (κ3) is 2.92. The number of aryl methyl sites for hydroxylation is 3. The van der Waals surface area contributed by atoms with Crippen molar-refractivity contribution in [3.63, 3.8) is 0 Å². The summed E-state index contributed by atoms with van der Waals surface area (Å²) in [5.41, 5.74) is 0.455. The van der Waals surface area contributed by atoms with Gasteiger partial charge in [-0.2, -0.15) is 0 Å². The topological polar surface area (TPSA) is 60.0 Å². The van der Waals surface area contributed by atoms with Crippen LogP contribution in [-0.2, 0) is 6.54 Å². The number of rotatable bonds is 5. The van der Waals surface area contributed by atoms with Crippen molar-refractivity contribution in [2.24, 2.45) is 5.41 Å². The maximum absolute atomic E-state index is 5.63. The van der Waals surface area contributed by atoms with E-state index in [1.165, 1.54) is 45.3 Å². The molecule has 2 aromatic rings. The normalized spacial score (nSPS) is 23.5. The first-order valence-electron chi connectivity index (χ1n) is 8.66. The molecule has 0 aromatic carbocycles. The molecule has 4 rings (SSSR count). The summed E-state index contributed by atoms with van der Waals surface area (Å²) < 4.78 is 7.87. The van der Waals surface area contributed by atoms with Crippen LogP contribution in [0.5, 0.6) is 0 Å². The van der Waals surface area contributed by atoms with Crippen LogP contribution in [-0.4, -0.2) is 44.3 Å². The summed E-state index contributed by atoms with van der Waals surface area (Å²) in [6, 6.07) is 0. The largest absolute Gasteiger partial charge is 0.425 e. The number of imidazole rings is 1. The molecule has 1 atom stereocenters. The Morgan fingerprint density at radius 2 is 2.04 bits per heavy atom. The minimum atomic E-state index is 0.455. The molecule has 1 aliphatic carbocycles. The molecule has 0 amide bonds. The number of piperidine rings is 1. The predicted molar refractivity (Wildman–Crippen MR) is 86.1 cm³/mol. The lowest BCUT2D eigenvalue weighted by molar-refractivity contribution is 0.163. The summed E-state index contributed by atoms with van der Waals surface area (Å²) in [4.78, 5) is 6.88. The number of hydrogen-bond acceptors (Lipinski definition) is 5. The first-order valence-corrected chi connectivity index (χ1v) is 8.66. The van der Waals surface area contributed by atoms with Crippen LogP contribution < -0.4 is 0 Å². The maximum Gasteiger partial charge on any atom is 0.220 e. The zero-order valence-corrected chi connectivity index (χ0v) is 14.0. The lowest BCUT2D eigenvalue weighted by Crippen LogP contribution is -2.36. The summed E-state index contributed by atoms with van der Waals surface area (Å²) in [5, 5.41) is 8.20. The van der Waals surface area contributed by atoms with E-state index in [2.05, 4.69) is 37.8 Å². The molecule has 23 heavy (non-hydrogen) atoms. The molecule has 2 aliphatic rings. The van der Waals surface area contributed by atoms with Crippen LogP contribution >= 0.6 is 0 Å². The van der Waals surface area contributed by atoms with Gasteiger partial charge in [-0.15, -0.1) is 10.2 Å². The lowest BCUT2D eigenvalue weighted by Gasteiger charge is -2.32. The monoisotopic (exact) mass is 315 g/mol. The van der Waals surface area contributed by atoms with Crippen LogP contribution in [0.15, 0.2) is 16.8 Å². The molecule has 1 aliphatic heterocycles. The Kier molecular flexibility index (Phi) is 3.71. The van der Waals surface area contributed by atoms with Crippen LogP contribution in [0.2, 0.25) is 0 Å². The summed E-state index contributed by atoms with van der Waals surface area (Å²) in [6.07, 6.45) is 8.91. The van der Waals surface area contributed by atoms with E-state index in [4.69, 9.17) is 4.42 Å². The van der Waals surface area contributed by atoms with E-state index in [9.17, 15) is 0 Å². The smallest absolute Gasteiger partial charge is 0.220 e. The molecule has 1 unspecified atom stereocenters. The quantitative estimate of drug-likeness (QED) is 0.848. The highest BCUT2D eigenvalue weighted by atomic mass is 16.4. The van der Waals surface area contributed by atoms with Crippen LogP contribution in [0.3, 0.4) is 0 Å². The molecule has 3 heterocycles. The van der Waals surface area contributed by atoms with Crippen molar-refractivity contribution in [2.75, 3.05) is 19.6 Å². The number of aromatic nitrogens is 4. The molecule has 0 N–H and O–H groups in total. The third-order valence-electron chi connectivity index (χ3n) is 5.68. The molecule has 6 nitrogen and oxygen atoms in total. The van der Waals surface area contributed by atoms with Gasteiger partial charge in [-0.25, -0.2) is 4.98 Å². The average Bonchev–Trinajstić information content (AvgIpc) is 2.85. The van der Waals surface area contributed by atoms with Gasteiger partial charge in [0.25, 0.3) is 0 Å². The summed E-state index contributed by atoms with van der Waals surface area (Å²) in [5.74, 6) is 3.18. The van der Waals surface area contributed by atoms with Gasteiger partial charge in [0.1, 0.15) is 5.82 Å². The summed E-state index contributed by atoms with van der Waals surface area (Å²) in [7, 11) is 0. The fourth-order valence-electron chi connectivity index (χ4n) is 4.03. The van der Waals surface area contributed by atoms with Gasteiger partial charge in [0.05, 0.1) is 0 Å². The van der Waals surface area contributed by atoms with E-state index < -0.39 is 0 Å². The number of nitrogens with zero attached hydrogens (tertiary/aromatic N) is 5. The Morgan fingerprint density at radius 1 is 1.22 bits per heavy atom. The second-order valence-electron chi connectivity index (χ2n) is 7.14. The zero-order chi connectivity index (χ0) is 15.9. The molecule has 2 fully saturated rings. The van der Waals surface area contributed by atoms with Gasteiger partial charge in [0.2, 0.25) is 11.8 Å². The van der Waals surface area contributed by atoms with Crippen LogP contribution in [0.1, 0.15) is 49.2 Å². The van der Waals surface area contributed by atoms with E-state index in [1.54, 1.807) is 0 Å². The van der Waals surface area contributed by atoms with Gasteiger partial charge in [0.15, 0.2) is 0 Å². The predicted octanol–water partition coefficient (Wildman–Crippen LogP) is 2.54. The Hall–Kier alpha value is -1.69. The molecule has 6 heteroatoms. The van der Waals surface area contributed by atoms with Crippen molar-refractivity contribution in [1.29, 1.82) is 0 Å². The standard InChI is InChI=1S/C17H25N5O/c1-13-18-6-11-22(13)8-3-7-21-9-4-17(5-10-21)12-15(17)16-20-19-14(2)23-16/h6,11,15H,3-5,7-10,12H2,1-2H3. The van der Waals surface area contributed by atoms with E-state index in [0.29, 0.717) is 17.2 Å². The molecule has 0 bridgehead atoms. The molecule has 0 radical (unpaired) electrons. The molecule has 124 valence electrons. The Labute approximate surface area is 136 Å². The number of hydrogen-bond donors (Lipinski definition) is 0. The van der Waals surface area contributed by atoms with E-state index >= 15 is 0 Å².